The van der Waals surface area contributed by atoms with Crippen molar-refractivity contribution in [2.24, 2.45) is 5.41 Å². The number of nitrogens with zero attached hydrogens (tertiary/aromatic N) is 1. The van der Waals surface area contributed by atoms with Crippen LogP contribution in [0.4, 0.5) is 5.69 Å². The highest BCUT2D eigenvalue weighted by molar-refractivity contribution is 5.96. The smallest absolute Gasteiger partial charge is 0.244 e. The van der Waals surface area contributed by atoms with E-state index in [9.17, 15) is 4.79 Å². The number of carbonyl (C=O) groups is 1. The monoisotopic (exact) mass is 216 g/mol. The van der Waals surface area contributed by atoms with Crippen LogP contribution in [0.2, 0.25) is 0 Å². The second kappa shape index (κ2) is 4.80. The summed E-state index contributed by atoms with van der Waals surface area (Å²) in [6.07, 6.45) is 0.501. The molecule has 0 aromatic heterocycles. The van der Waals surface area contributed by atoms with Gasteiger partial charge in [0, 0.05) is 5.69 Å². The predicted octanol–water partition coefficient (Wildman–Crippen LogP) is 2.87. The van der Waals surface area contributed by atoms with E-state index in [1.807, 2.05) is 44.2 Å². The van der Waals surface area contributed by atoms with Crippen molar-refractivity contribution >= 4 is 11.6 Å². The number of hydrogen-bond donors (Lipinski definition) is 1. The molecule has 1 amide bonds. The molecule has 16 heavy (non-hydrogen) atoms. The van der Waals surface area contributed by atoms with Gasteiger partial charge < -0.3 is 5.32 Å². The molecule has 84 valence electrons. The van der Waals surface area contributed by atoms with Gasteiger partial charge in [-0.2, -0.15) is 5.26 Å². The summed E-state index contributed by atoms with van der Waals surface area (Å²) in [5.74, 6) is -0.249. The minimum atomic E-state index is -0.953. The Hall–Kier alpha value is -1.82. The zero-order chi connectivity index (χ0) is 12.2. The first-order valence-corrected chi connectivity index (χ1v) is 5.31. The van der Waals surface area contributed by atoms with Gasteiger partial charge in [-0.15, -0.1) is 0 Å². The average molecular weight is 216 g/mol. The molecule has 0 bridgehead atoms. The van der Waals surface area contributed by atoms with Crippen LogP contribution in [0.1, 0.15) is 25.8 Å². The second-order valence-corrected chi connectivity index (χ2v) is 4.12. The van der Waals surface area contributed by atoms with Gasteiger partial charge in [0.1, 0.15) is 5.41 Å². The molecule has 1 atom stereocenters. The van der Waals surface area contributed by atoms with E-state index in [0.717, 1.165) is 11.3 Å². The van der Waals surface area contributed by atoms with Crippen molar-refractivity contribution in [3.05, 3.63) is 29.8 Å². The summed E-state index contributed by atoms with van der Waals surface area (Å²) >= 11 is 0. The number of carbonyl (C=O) groups excluding carboxylic acids is 1. The van der Waals surface area contributed by atoms with Gasteiger partial charge in [0.2, 0.25) is 5.91 Å². The van der Waals surface area contributed by atoms with Crippen LogP contribution in [0, 0.1) is 23.7 Å². The molecule has 0 spiro atoms. The summed E-state index contributed by atoms with van der Waals surface area (Å²) in [6, 6.07) is 9.56. The minimum Gasteiger partial charge on any atom is -0.325 e. The molecule has 0 radical (unpaired) electrons. The molecule has 0 fully saturated rings. The maximum absolute atomic E-state index is 11.8. The molecule has 0 aliphatic rings. The fourth-order valence-electron chi connectivity index (χ4n) is 1.20. The topological polar surface area (TPSA) is 52.9 Å². The van der Waals surface area contributed by atoms with Gasteiger partial charge in [-0.05, 0) is 32.4 Å². The minimum absolute atomic E-state index is 0.249. The SMILES string of the molecule is CCC(C)(C#N)C(=O)Nc1ccc(C)cc1. The van der Waals surface area contributed by atoms with Crippen LogP contribution in [0.25, 0.3) is 0 Å². The first kappa shape index (κ1) is 12.3. The molecule has 0 heterocycles. The number of aryl methyl sites for hydroxylation is 1. The third-order valence-corrected chi connectivity index (χ3v) is 2.76. The summed E-state index contributed by atoms with van der Waals surface area (Å²) in [5.41, 5.74) is 0.910. The van der Waals surface area contributed by atoms with Gasteiger partial charge in [0.15, 0.2) is 0 Å². The molecule has 0 aliphatic carbocycles. The number of anilines is 1. The van der Waals surface area contributed by atoms with Crippen LogP contribution >= 0.6 is 0 Å². The van der Waals surface area contributed by atoms with E-state index in [2.05, 4.69) is 5.32 Å². The van der Waals surface area contributed by atoms with Gasteiger partial charge in [-0.1, -0.05) is 24.6 Å². The number of amides is 1. The molecule has 3 nitrogen and oxygen atoms in total. The lowest BCUT2D eigenvalue weighted by atomic mass is 9.88. The van der Waals surface area contributed by atoms with Gasteiger partial charge in [0.05, 0.1) is 6.07 Å². The van der Waals surface area contributed by atoms with Gasteiger partial charge in [-0.3, -0.25) is 4.79 Å². The molecule has 1 aromatic rings. The zero-order valence-corrected chi connectivity index (χ0v) is 9.87. The van der Waals surface area contributed by atoms with Crippen LogP contribution in [-0.2, 0) is 4.79 Å². The maximum atomic E-state index is 11.8. The van der Waals surface area contributed by atoms with Gasteiger partial charge in [0.25, 0.3) is 0 Å². The molecule has 1 unspecified atom stereocenters. The Morgan fingerprint density at radius 1 is 1.44 bits per heavy atom. The Morgan fingerprint density at radius 2 is 2.00 bits per heavy atom. The van der Waals surface area contributed by atoms with Crippen LogP contribution in [-0.4, -0.2) is 5.91 Å². The van der Waals surface area contributed by atoms with E-state index in [-0.39, 0.29) is 5.91 Å². The van der Waals surface area contributed by atoms with Crippen LogP contribution < -0.4 is 5.32 Å². The quantitative estimate of drug-likeness (QED) is 0.844. The summed E-state index contributed by atoms with van der Waals surface area (Å²) in [7, 11) is 0. The number of benzene rings is 1. The van der Waals surface area contributed by atoms with Gasteiger partial charge in [-0.25, -0.2) is 0 Å². The van der Waals surface area contributed by atoms with Crippen molar-refractivity contribution in [1.29, 1.82) is 5.26 Å². The Kier molecular flexibility index (Phi) is 3.68. The third kappa shape index (κ3) is 2.60. The van der Waals surface area contributed by atoms with Crippen molar-refractivity contribution in [1.82, 2.24) is 0 Å². The lowest BCUT2D eigenvalue weighted by molar-refractivity contribution is -0.122. The lowest BCUT2D eigenvalue weighted by Crippen LogP contribution is -2.31. The predicted molar refractivity (Wildman–Crippen MR) is 63.8 cm³/mol. The molecule has 1 N–H and O–H groups in total. The highest BCUT2D eigenvalue weighted by Gasteiger charge is 2.31. The number of nitrogens with one attached hydrogen (secondary N) is 1. The zero-order valence-electron chi connectivity index (χ0n) is 9.87. The molecular weight excluding hydrogens is 200 g/mol. The van der Waals surface area contributed by atoms with Crippen molar-refractivity contribution in [2.75, 3.05) is 5.32 Å². The number of rotatable bonds is 3. The van der Waals surface area contributed by atoms with Crippen molar-refractivity contribution in [3.8, 4) is 6.07 Å². The Balaban J connectivity index is 2.79. The largest absolute Gasteiger partial charge is 0.325 e. The van der Waals surface area contributed by atoms with E-state index in [1.165, 1.54) is 0 Å². The first-order chi connectivity index (χ1) is 7.51. The summed E-state index contributed by atoms with van der Waals surface area (Å²) in [4.78, 5) is 11.8. The lowest BCUT2D eigenvalue weighted by Gasteiger charge is -2.18. The van der Waals surface area contributed by atoms with E-state index >= 15 is 0 Å². The third-order valence-electron chi connectivity index (χ3n) is 2.76. The Labute approximate surface area is 96.1 Å². The van der Waals surface area contributed by atoms with Crippen molar-refractivity contribution in [3.63, 3.8) is 0 Å². The number of hydrogen-bond acceptors (Lipinski definition) is 2. The Bertz CT molecular complexity index is 417. The van der Waals surface area contributed by atoms with E-state index < -0.39 is 5.41 Å². The molecule has 3 heteroatoms. The standard InChI is InChI=1S/C13H16N2O/c1-4-13(3,9-14)12(16)15-11-7-5-10(2)6-8-11/h5-8H,4H2,1-3H3,(H,15,16). The van der Waals surface area contributed by atoms with E-state index in [1.54, 1.807) is 6.92 Å². The fraction of sp³-hybridized carbons (Fsp3) is 0.385. The highest BCUT2D eigenvalue weighted by Crippen LogP contribution is 2.22. The van der Waals surface area contributed by atoms with E-state index in [0.29, 0.717) is 6.42 Å². The fourth-order valence-corrected chi connectivity index (χ4v) is 1.20. The molecule has 1 aromatic carbocycles. The van der Waals surface area contributed by atoms with Crippen LogP contribution in [0.15, 0.2) is 24.3 Å². The van der Waals surface area contributed by atoms with Crippen molar-refractivity contribution < 1.29 is 4.79 Å². The van der Waals surface area contributed by atoms with Crippen LogP contribution in [0.5, 0.6) is 0 Å². The van der Waals surface area contributed by atoms with Crippen LogP contribution in [0.3, 0.4) is 0 Å². The average Bonchev–Trinajstić information content (AvgIpc) is 2.31. The first-order valence-electron chi connectivity index (χ1n) is 5.31. The molecule has 0 saturated carbocycles. The molecule has 0 aliphatic heterocycles. The molecule has 1 rings (SSSR count). The second-order valence-electron chi connectivity index (χ2n) is 4.12. The maximum Gasteiger partial charge on any atom is 0.244 e. The van der Waals surface area contributed by atoms with Crippen molar-refractivity contribution in [2.45, 2.75) is 27.2 Å². The summed E-state index contributed by atoms with van der Waals surface area (Å²) < 4.78 is 0. The molecule has 0 saturated heterocycles. The number of nitriles is 1. The Morgan fingerprint density at radius 3 is 2.44 bits per heavy atom. The highest BCUT2D eigenvalue weighted by atomic mass is 16.2. The molecular formula is C13H16N2O. The summed E-state index contributed by atoms with van der Waals surface area (Å²) in [5, 5.41) is 11.7. The van der Waals surface area contributed by atoms with E-state index in [4.69, 9.17) is 5.26 Å². The summed E-state index contributed by atoms with van der Waals surface area (Å²) in [6.45, 7) is 5.46. The normalized spacial score (nSPS) is 13.6. The van der Waals surface area contributed by atoms with Gasteiger partial charge >= 0.3 is 0 Å².